The summed E-state index contributed by atoms with van der Waals surface area (Å²) in [5, 5.41) is 7.37. The first-order valence-corrected chi connectivity index (χ1v) is 8.47. The number of aryl methyl sites for hydroxylation is 1. The third kappa shape index (κ3) is 6.27. The van der Waals surface area contributed by atoms with Crippen molar-refractivity contribution in [1.29, 1.82) is 0 Å². The van der Waals surface area contributed by atoms with Crippen LogP contribution in [0.4, 0.5) is 0 Å². The average molecular weight is 465 g/mol. The third-order valence-electron chi connectivity index (χ3n) is 3.24. The van der Waals surface area contributed by atoms with E-state index < -0.39 is 0 Å². The lowest BCUT2D eigenvalue weighted by Crippen LogP contribution is -2.38. The molecule has 0 unspecified atom stereocenters. The number of hydrogen-bond acceptors (Lipinski definition) is 3. The summed E-state index contributed by atoms with van der Waals surface area (Å²) in [6.07, 6.45) is 0.982. The van der Waals surface area contributed by atoms with Crippen LogP contribution < -0.4 is 5.32 Å². The largest absolute Gasteiger partial charge is 0.351 e. The standard InChI is InChI=1S/C16H21ClN4S.HI/c1-4-15-20-14(11-22-15)9-19-16(18-2)21(3)10-12-5-7-13(17)8-6-12;/h5-8,11H,4,9-10H2,1-3H3,(H,18,19);1H. The zero-order chi connectivity index (χ0) is 15.9. The van der Waals surface area contributed by atoms with Crippen LogP contribution in [0.1, 0.15) is 23.2 Å². The van der Waals surface area contributed by atoms with Crippen LogP contribution >= 0.6 is 46.9 Å². The van der Waals surface area contributed by atoms with Gasteiger partial charge in [0.05, 0.1) is 17.2 Å². The fourth-order valence-corrected chi connectivity index (χ4v) is 2.96. The minimum Gasteiger partial charge on any atom is -0.351 e. The summed E-state index contributed by atoms with van der Waals surface area (Å²) in [7, 11) is 3.81. The average Bonchev–Trinajstić information content (AvgIpc) is 2.98. The second-order valence-electron chi connectivity index (χ2n) is 4.97. The van der Waals surface area contributed by atoms with Gasteiger partial charge in [0.25, 0.3) is 0 Å². The van der Waals surface area contributed by atoms with Crippen molar-refractivity contribution in [2.24, 2.45) is 4.99 Å². The number of thiazole rings is 1. The SMILES string of the molecule is CCc1nc(CNC(=NC)N(C)Cc2ccc(Cl)cc2)cs1.I. The van der Waals surface area contributed by atoms with E-state index in [1.807, 2.05) is 31.3 Å². The van der Waals surface area contributed by atoms with Crippen molar-refractivity contribution in [3.8, 4) is 0 Å². The van der Waals surface area contributed by atoms with E-state index in [1.165, 1.54) is 10.6 Å². The topological polar surface area (TPSA) is 40.5 Å². The normalized spacial score (nSPS) is 11.0. The zero-order valence-electron chi connectivity index (χ0n) is 13.5. The summed E-state index contributed by atoms with van der Waals surface area (Å²) in [6.45, 7) is 3.58. The molecule has 126 valence electrons. The van der Waals surface area contributed by atoms with Gasteiger partial charge in [-0.1, -0.05) is 30.7 Å². The van der Waals surface area contributed by atoms with Crippen molar-refractivity contribution in [1.82, 2.24) is 15.2 Å². The lowest BCUT2D eigenvalue weighted by Gasteiger charge is -2.22. The van der Waals surface area contributed by atoms with Crippen LogP contribution in [-0.4, -0.2) is 29.9 Å². The fourth-order valence-electron chi connectivity index (χ4n) is 2.09. The van der Waals surface area contributed by atoms with E-state index in [0.29, 0.717) is 6.54 Å². The Morgan fingerprint density at radius 2 is 2.04 bits per heavy atom. The van der Waals surface area contributed by atoms with Gasteiger partial charge in [0.15, 0.2) is 5.96 Å². The second kappa shape index (κ2) is 10.1. The van der Waals surface area contributed by atoms with E-state index >= 15 is 0 Å². The summed E-state index contributed by atoms with van der Waals surface area (Å²) >= 11 is 7.62. The van der Waals surface area contributed by atoms with Gasteiger partial charge in [0.2, 0.25) is 0 Å². The molecule has 23 heavy (non-hydrogen) atoms. The van der Waals surface area contributed by atoms with Crippen molar-refractivity contribution in [3.63, 3.8) is 0 Å². The van der Waals surface area contributed by atoms with Crippen molar-refractivity contribution in [3.05, 3.63) is 50.9 Å². The monoisotopic (exact) mass is 464 g/mol. The van der Waals surface area contributed by atoms with Crippen molar-refractivity contribution in [2.75, 3.05) is 14.1 Å². The summed E-state index contributed by atoms with van der Waals surface area (Å²) in [5.41, 5.74) is 2.25. The van der Waals surface area contributed by atoms with E-state index in [-0.39, 0.29) is 24.0 Å². The number of hydrogen-bond donors (Lipinski definition) is 1. The van der Waals surface area contributed by atoms with E-state index in [9.17, 15) is 0 Å². The highest BCUT2D eigenvalue weighted by Gasteiger charge is 2.08. The Kier molecular flexibility index (Phi) is 8.86. The molecular weight excluding hydrogens is 443 g/mol. The van der Waals surface area contributed by atoms with Crippen LogP contribution in [0.5, 0.6) is 0 Å². The minimum absolute atomic E-state index is 0. The zero-order valence-corrected chi connectivity index (χ0v) is 17.4. The quantitative estimate of drug-likeness (QED) is 0.410. The Labute approximate surface area is 164 Å². The first-order chi connectivity index (χ1) is 10.6. The van der Waals surface area contributed by atoms with E-state index in [2.05, 4.69) is 32.5 Å². The number of rotatable bonds is 5. The van der Waals surface area contributed by atoms with Crippen LogP contribution in [-0.2, 0) is 19.5 Å². The lowest BCUT2D eigenvalue weighted by molar-refractivity contribution is 0.476. The maximum atomic E-state index is 5.91. The fraction of sp³-hybridized carbons (Fsp3) is 0.375. The van der Waals surface area contributed by atoms with Gasteiger partial charge in [0.1, 0.15) is 0 Å². The molecule has 0 radical (unpaired) electrons. The molecule has 0 aliphatic carbocycles. The molecule has 7 heteroatoms. The molecule has 2 aromatic rings. The molecule has 0 saturated carbocycles. The molecule has 0 bridgehead atoms. The smallest absolute Gasteiger partial charge is 0.194 e. The molecule has 0 aliphatic heterocycles. The lowest BCUT2D eigenvalue weighted by atomic mass is 10.2. The van der Waals surface area contributed by atoms with Gasteiger partial charge < -0.3 is 10.2 Å². The first-order valence-electron chi connectivity index (χ1n) is 7.22. The molecule has 4 nitrogen and oxygen atoms in total. The maximum Gasteiger partial charge on any atom is 0.194 e. The van der Waals surface area contributed by atoms with E-state index in [1.54, 1.807) is 18.4 Å². The third-order valence-corrected chi connectivity index (χ3v) is 4.53. The molecule has 1 heterocycles. The van der Waals surface area contributed by atoms with Gasteiger partial charge in [-0.15, -0.1) is 35.3 Å². The Morgan fingerprint density at radius 1 is 1.35 bits per heavy atom. The Bertz CT molecular complexity index is 627. The van der Waals surface area contributed by atoms with Crippen LogP contribution in [0.15, 0.2) is 34.6 Å². The number of nitrogens with one attached hydrogen (secondary N) is 1. The predicted octanol–water partition coefficient (Wildman–Crippen LogP) is 4.18. The summed E-state index contributed by atoms with van der Waals surface area (Å²) in [5.74, 6) is 0.848. The van der Waals surface area contributed by atoms with Crippen LogP contribution in [0.2, 0.25) is 5.02 Å². The number of aliphatic imine (C=N–C) groups is 1. The van der Waals surface area contributed by atoms with Crippen LogP contribution in [0.3, 0.4) is 0 Å². The minimum atomic E-state index is 0. The van der Waals surface area contributed by atoms with Crippen molar-refractivity contribution in [2.45, 2.75) is 26.4 Å². The molecule has 0 aliphatic rings. The summed E-state index contributed by atoms with van der Waals surface area (Å²) in [6, 6.07) is 7.87. The molecule has 0 fully saturated rings. The number of halogens is 2. The molecule has 0 atom stereocenters. The number of guanidine groups is 1. The van der Waals surface area contributed by atoms with Gasteiger partial charge in [-0.3, -0.25) is 4.99 Å². The van der Waals surface area contributed by atoms with Gasteiger partial charge in [-0.05, 0) is 24.1 Å². The maximum absolute atomic E-state index is 5.91. The number of benzene rings is 1. The predicted molar refractivity (Wildman–Crippen MR) is 110 cm³/mol. The molecular formula is C16H22ClIN4S. The van der Waals surface area contributed by atoms with Crippen LogP contribution in [0, 0.1) is 0 Å². The Hall–Kier alpha value is -0.860. The molecule has 1 N–H and O–H groups in total. The number of aromatic nitrogens is 1. The van der Waals surface area contributed by atoms with Gasteiger partial charge in [-0.2, -0.15) is 0 Å². The van der Waals surface area contributed by atoms with E-state index in [0.717, 1.165) is 29.6 Å². The summed E-state index contributed by atoms with van der Waals surface area (Å²) < 4.78 is 0. The molecule has 0 saturated heterocycles. The highest BCUT2D eigenvalue weighted by Crippen LogP contribution is 2.12. The van der Waals surface area contributed by atoms with Crippen molar-refractivity contribution < 1.29 is 0 Å². The highest BCUT2D eigenvalue weighted by molar-refractivity contribution is 14.0. The molecule has 0 amide bonds. The van der Waals surface area contributed by atoms with Crippen LogP contribution in [0.25, 0.3) is 0 Å². The number of nitrogens with zero attached hydrogens (tertiary/aromatic N) is 3. The van der Waals surface area contributed by atoms with Crippen molar-refractivity contribution >= 4 is 52.9 Å². The van der Waals surface area contributed by atoms with Gasteiger partial charge >= 0.3 is 0 Å². The van der Waals surface area contributed by atoms with Gasteiger partial charge in [0, 0.05) is 31.0 Å². The van der Waals surface area contributed by atoms with E-state index in [4.69, 9.17) is 11.6 Å². The van der Waals surface area contributed by atoms with Gasteiger partial charge in [-0.25, -0.2) is 4.98 Å². The summed E-state index contributed by atoms with van der Waals surface area (Å²) in [4.78, 5) is 11.0. The molecule has 1 aromatic heterocycles. The Morgan fingerprint density at radius 3 is 2.61 bits per heavy atom. The molecule has 0 spiro atoms. The molecule has 2 rings (SSSR count). The first kappa shape index (κ1) is 20.2. The highest BCUT2D eigenvalue weighted by atomic mass is 127. The Balaban J connectivity index is 0.00000264. The molecule has 1 aromatic carbocycles. The second-order valence-corrected chi connectivity index (χ2v) is 6.35.